The zero-order chi connectivity index (χ0) is 28.8. The number of halogens is 2. The molecule has 216 valence electrons. The zero-order valence-corrected chi connectivity index (χ0v) is 25.2. The van der Waals surface area contributed by atoms with Gasteiger partial charge in [0.2, 0.25) is 0 Å². The Morgan fingerprint density at radius 2 is 1.83 bits per heavy atom. The number of aryl methyl sites for hydroxylation is 1. The van der Waals surface area contributed by atoms with E-state index in [1.807, 2.05) is 36.4 Å². The van der Waals surface area contributed by atoms with Crippen LogP contribution in [0.5, 0.6) is 0 Å². The van der Waals surface area contributed by atoms with Gasteiger partial charge in [-0.3, -0.25) is 4.68 Å². The summed E-state index contributed by atoms with van der Waals surface area (Å²) in [5.41, 5.74) is 12.3. The number of nitrogens with one attached hydrogen (secondary N) is 1. The molecule has 9 heteroatoms. The number of carbonyl (C=O) groups excluding carboxylic acids is 1. The Bertz CT molecular complexity index is 1450. The molecule has 0 bridgehead atoms. The standard InChI is InChI=1S/C32H38Cl2N6O/c1-2-36-21-26-19-23(8-11-29(26)34)7-9-24-20-25(10-12-28(24)33)31-27-22-39(32(35)41)18-13-30(27)40(37-31)17-6-16-38-14-4-3-5-15-38/h8,10-12,19-20,36H,2-6,13-18,21-22H2,1H3,(H2,35,41). The van der Waals surface area contributed by atoms with Crippen molar-refractivity contribution >= 4 is 29.2 Å². The van der Waals surface area contributed by atoms with Crippen molar-refractivity contribution in [3.05, 3.63) is 74.4 Å². The Morgan fingerprint density at radius 1 is 1.02 bits per heavy atom. The molecule has 1 fully saturated rings. The monoisotopic (exact) mass is 592 g/mol. The van der Waals surface area contributed by atoms with E-state index in [4.69, 9.17) is 34.0 Å². The van der Waals surface area contributed by atoms with Crippen LogP contribution in [0, 0.1) is 11.8 Å². The summed E-state index contributed by atoms with van der Waals surface area (Å²) in [5.74, 6) is 6.51. The fourth-order valence-corrected chi connectivity index (χ4v) is 6.03. The predicted octanol–water partition coefficient (Wildman–Crippen LogP) is 5.68. The summed E-state index contributed by atoms with van der Waals surface area (Å²) < 4.78 is 2.15. The van der Waals surface area contributed by atoms with Crippen molar-refractivity contribution < 1.29 is 4.79 Å². The molecule has 2 amide bonds. The molecule has 0 atom stereocenters. The van der Waals surface area contributed by atoms with Crippen molar-refractivity contribution in [3.8, 4) is 23.1 Å². The molecule has 2 aromatic carbocycles. The number of rotatable bonds is 8. The molecule has 1 aromatic heterocycles. The molecule has 7 nitrogen and oxygen atoms in total. The van der Waals surface area contributed by atoms with Crippen LogP contribution in [0.1, 0.15) is 60.6 Å². The minimum absolute atomic E-state index is 0.404. The van der Waals surface area contributed by atoms with Crippen molar-refractivity contribution in [3.63, 3.8) is 0 Å². The van der Waals surface area contributed by atoms with Crippen molar-refractivity contribution in [1.29, 1.82) is 0 Å². The van der Waals surface area contributed by atoms with Gasteiger partial charge in [-0.1, -0.05) is 54.5 Å². The Kier molecular flexibility index (Phi) is 9.89. The van der Waals surface area contributed by atoms with E-state index in [1.165, 1.54) is 38.0 Å². The van der Waals surface area contributed by atoms with E-state index in [-0.39, 0.29) is 0 Å². The highest BCUT2D eigenvalue weighted by molar-refractivity contribution is 6.32. The summed E-state index contributed by atoms with van der Waals surface area (Å²) in [6.07, 6.45) is 5.71. The Labute approximate surface area is 253 Å². The maximum absolute atomic E-state index is 12.1. The van der Waals surface area contributed by atoms with E-state index < -0.39 is 6.03 Å². The van der Waals surface area contributed by atoms with Crippen LogP contribution in [-0.4, -0.2) is 58.3 Å². The SMILES string of the molecule is CCNCc1cc(C#Cc2cc(-c3nn(CCCN4CCCCC4)c4c3CN(C(N)=O)CC4)ccc2Cl)ccc1Cl. The summed E-state index contributed by atoms with van der Waals surface area (Å²) in [4.78, 5) is 16.3. The number of hydrogen-bond acceptors (Lipinski definition) is 4. The van der Waals surface area contributed by atoms with Crippen molar-refractivity contribution in [2.75, 3.05) is 32.7 Å². The van der Waals surface area contributed by atoms with E-state index in [1.54, 1.807) is 4.90 Å². The molecule has 0 saturated carbocycles. The van der Waals surface area contributed by atoms with E-state index in [2.05, 4.69) is 33.7 Å². The van der Waals surface area contributed by atoms with Crippen molar-refractivity contribution in [2.45, 2.75) is 58.7 Å². The summed E-state index contributed by atoms with van der Waals surface area (Å²) in [5, 5.41) is 9.69. The van der Waals surface area contributed by atoms with Gasteiger partial charge >= 0.3 is 6.03 Å². The predicted molar refractivity (Wildman–Crippen MR) is 166 cm³/mol. The summed E-state index contributed by atoms with van der Waals surface area (Å²) in [7, 11) is 0. The van der Waals surface area contributed by atoms with Crippen LogP contribution in [0.4, 0.5) is 4.79 Å². The van der Waals surface area contributed by atoms with Gasteiger partial charge in [-0.15, -0.1) is 0 Å². The van der Waals surface area contributed by atoms with Crippen LogP contribution in [0.2, 0.25) is 10.0 Å². The summed E-state index contributed by atoms with van der Waals surface area (Å²) in [6, 6.07) is 11.3. The van der Waals surface area contributed by atoms with Gasteiger partial charge in [-0.2, -0.15) is 5.10 Å². The number of carbonyl (C=O) groups is 1. The van der Waals surface area contributed by atoms with E-state index in [0.717, 1.165) is 71.0 Å². The van der Waals surface area contributed by atoms with Crippen LogP contribution in [0.15, 0.2) is 36.4 Å². The normalized spacial score (nSPS) is 15.3. The summed E-state index contributed by atoms with van der Waals surface area (Å²) >= 11 is 13.0. The average molecular weight is 594 g/mol. The maximum Gasteiger partial charge on any atom is 0.315 e. The molecule has 1 saturated heterocycles. The largest absolute Gasteiger partial charge is 0.351 e. The lowest BCUT2D eigenvalue weighted by molar-refractivity contribution is 0.201. The highest BCUT2D eigenvalue weighted by Crippen LogP contribution is 2.32. The molecule has 5 rings (SSSR count). The highest BCUT2D eigenvalue weighted by atomic mass is 35.5. The smallest absolute Gasteiger partial charge is 0.315 e. The zero-order valence-electron chi connectivity index (χ0n) is 23.7. The molecular weight excluding hydrogens is 555 g/mol. The number of primary amides is 1. The number of benzene rings is 2. The number of nitrogens with two attached hydrogens (primary N) is 1. The second-order valence-corrected chi connectivity index (χ2v) is 11.6. The Morgan fingerprint density at radius 3 is 2.61 bits per heavy atom. The van der Waals surface area contributed by atoms with Crippen LogP contribution in [0.25, 0.3) is 11.3 Å². The van der Waals surface area contributed by atoms with Gasteiger partial charge in [-0.05, 0) is 81.3 Å². The van der Waals surface area contributed by atoms with Gasteiger partial charge in [-0.25, -0.2) is 4.79 Å². The first-order valence-corrected chi connectivity index (χ1v) is 15.3. The lowest BCUT2D eigenvalue weighted by Crippen LogP contribution is -2.39. The molecule has 3 aromatic rings. The quantitative estimate of drug-likeness (QED) is 0.330. The van der Waals surface area contributed by atoms with Gasteiger partial charge in [0.25, 0.3) is 0 Å². The third-order valence-electron chi connectivity index (χ3n) is 7.93. The van der Waals surface area contributed by atoms with E-state index in [9.17, 15) is 4.79 Å². The number of piperidine rings is 1. The van der Waals surface area contributed by atoms with Gasteiger partial charge in [0.1, 0.15) is 0 Å². The third kappa shape index (κ3) is 7.25. The minimum Gasteiger partial charge on any atom is -0.351 e. The first-order valence-electron chi connectivity index (χ1n) is 14.6. The Balaban J connectivity index is 1.42. The second kappa shape index (κ2) is 13.8. The first kappa shape index (κ1) is 29.5. The third-order valence-corrected chi connectivity index (χ3v) is 8.63. The number of amides is 2. The number of fused-ring (bicyclic) bond motifs is 1. The lowest BCUT2D eigenvalue weighted by atomic mass is 9.99. The first-order chi connectivity index (χ1) is 19.9. The number of urea groups is 1. The molecule has 0 unspecified atom stereocenters. The molecule has 3 N–H and O–H groups in total. The minimum atomic E-state index is -0.404. The molecule has 0 radical (unpaired) electrons. The van der Waals surface area contributed by atoms with Crippen LogP contribution in [-0.2, 0) is 26.1 Å². The Hall–Kier alpha value is -3.02. The van der Waals surface area contributed by atoms with Gasteiger partial charge < -0.3 is 20.9 Å². The van der Waals surface area contributed by atoms with Gasteiger partial charge in [0.15, 0.2) is 0 Å². The maximum atomic E-state index is 12.1. The average Bonchev–Trinajstić information content (AvgIpc) is 3.35. The van der Waals surface area contributed by atoms with Crippen LogP contribution >= 0.6 is 23.2 Å². The lowest BCUT2D eigenvalue weighted by Gasteiger charge is -2.27. The molecular formula is C32H38Cl2N6O. The number of likely N-dealkylation sites (tertiary alicyclic amines) is 1. The fraction of sp³-hybridized carbons (Fsp3) is 0.438. The number of aromatic nitrogens is 2. The molecule has 2 aliphatic rings. The van der Waals surface area contributed by atoms with Crippen LogP contribution < -0.4 is 11.1 Å². The molecule has 0 aliphatic carbocycles. The van der Waals surface area contributed by atoms with E-state index >= 15 is 0 Å². The fourth-order valence-electron chi connectivity index (χ4n) is 5.68. The highest BCUT2D eigenvalue weighted by Gasteiger charge is 2.27. The van der Waals surface area contributed by atoms with Crippen LogP contribution in [0.3, 0.4) is 0 Å². The van der Waals surface area contributed by atoms with Crippen molar-refractivity contribution in [2.24, 2.45) is 5.73 Å². The number of hydrogen-bond donors (Lipinski definition) is 2. The number of nitrogens with zero attached hydrogens (tertiary/aromatic N) is 4. The topological polar surface area (TPSA) is 79.4 Å². The molecule has 2 aliphatic heterocycles. The second-order valence-electron chi connectivity index (χ2n) is 10.8. The van der Waals surface area contributed by atoms with Gasteiger partial charge in [0.05, 0.1) is 17.3 Å². The summed E-state index contributed by atoms with van der Waals surface area (Å²) in [6.45, 7) is 8.99. The molecule has 3 heterocycles. The van der Waals surface area contributed by atoms with E-state index in [0.29, 0.717) is 24.7 Å². The molecule has 0 spiro atoms. The van der Waals surface area contributed by atoms with Crippen molar-refractivity contribution in [1.82, 2.24) is 24.9 Å². The molecule has 41 heavy (non-hydrogen) atoms. The van der Waals surface area contributed by atoms with Gasteiger partial charge in [0, 0.05) is 59.0 Å².